The lowest BCUT2D eigenvalue weighted by Gasteiger charge is -2.14. The molecule has 0 aliphatic heterocycles. The van der Waals surface area contributed by atoms with Crippen molar-refractivity contribution in [3.05, 3.63) is 83.9 Å². The van der Waals surface area contributed by atoms with E-state index in [0.717, 1.165) is 34.7 Å². The fraction of sp³-hybridized carbons (Fsp3) is 0.208. The van der Waals surface area contributed by atoms with Gasteiger partial charge in [-0.25, -0.2) is 4.79 Å². The quantitative estimate of drug-likeness (QED) is 0.486. The number of ether oxygens (including phenoxy) is 1. The largest absolute Gasteiger partial charge is 0.450 e. The molecule has 1 atom stereocenters. The fourth-order valence-corrected chi connectivity index (χ4v) is 2.74. The second-order valence-corrected chi connectivity index (χ2v) is 6.31. The Morgan fingerprint density at radius 3 is 2.52 bits per heavy atom. The summed E-state index contributed by atoms with van der Waals surface area (Å²) in [5.74, 6) is 6.32. The Bertz CT molecular complexity index is 954. The van der Waals surface area contributed by atoms with E-state index in [-0.39, 0.29) is 0 Å². The Balaban J connectivity index is 1.86. The molecule has 27 heavy (non-hydrogen) atoms. The van der Waals surface area contributed by atoms with Crippen molar-refractivity contribution >= 4 is 16.9 Å². The maximum absolute atomic E-state index is 12.2. The number of hydrogen-bond donors (Lipinski definition) is 1. The molecule has 0 aromatic heterocycles. The number of fused-ring (bicyclic) bond motifs is 1. The molecule has 3 aromatic rings. The SMILES string of the molecule is CCCCOC(=O)NC(C#Cc1ccccc1)c1ccc2ccccc2c1. The molecule has 0 saturated carbocycles. The molecule has 1 amide bonds. The van der Waals surface area contributed by atoms with Crippen LogP contribution in [0.3, 0.4) is 0 Å². The van der Waals surface area contributed by atoms with E-state index < -0.39 is 12.1 Å². The van der Waals surface area contributed by atoms with Crippen LogP contribution in [-0.4, -0.2) is 12.7 Å². The Hall–Kier alpha value is -3.25. The van der Waals surface area contributed by atoms with Gasteiger partial charge in [0, 0.05) is 5.56 Å². The summed E-state index contributed by atoms with van der Waals surface area (Å²) < 4.78 is 5.26. The van der Waals surface area contributed by atoms with E-state index >= 15 is 0 Å². The van der Waals surface area contributed by atoms with Crippen molar-refractivity contribution in [3.8, 4) is 11.8 Å². The third kappa shape index (κ3) is 5.36. The topological polar surface area (TPSA) is 38.3 Å². The smallest absolute Gasteiger partial charge is 0.408 e. The van der Waals surface area contributed by atoms with Gasteiger partial charge in [0.1, 0.15) is 6.04 Å². The number of unbranched alkanes of at least 4 members (excludes halogenated alkanes) is 1. The molecule has 3 rings (SSSR count). The van der Waals surface area contributed by atoms with Crippen LogP contribution in [0, 0.1) is 11.8 Å². The molecule has 0 saturated heterocycles. The van der Waals surface area contributed by atoms with E-state index in [2.05, 4.69) is 42.3 Å². The first-order valence-electron chi connectivity index (χ1n) is 9.25. The molecule has 3 heteroatoms. The number of rotatable bonds is 5. The van der Waals surface area contributed by atoms with E-state index in [4.69, 9.17) is 4.74 Å². The molecule has 3 nitrogen and oxygen atoms in total. The molecule has 0 radical (unpaired) electrons. The molecule has 0 heterocycles. The van der Waals surface area contributed by atoms with Crippen LogP contribution in [0.1, 0.15) is 36.9 Å². The van der Waals surface area contributed by atoms with Crippen LogP contribution < -0.4 is 5.32 Å². The summed E-state index contributed by atoms with van der Waals surface area (Å²) in [4.78, 5) is 12.2. The summed E-state index contributed by atoms with van der Waals surface area (Å²) in [5.41, 5.74) is 1.84. The lowest BCUT2D eigenvalue weighted by molar-refractivity contribution is 0.142. The summed E-state index contributed by atoms with van der Waals surface area (Å²) in [6, 6.07) is 23.5. The minimum atomic E-state index is -0.441. The highest BCUT2D eigenvalue weighted by molar-refractivity contribution is 5.83. The van der Waals surface area contributed by atoms with Gasteiger partial charge in [-0.15, -0.1) is 0 Å². The molecular weight excluding hydrogens is 334 g/mol. The number of benzene rings is 3. The van der Waals surface area contributed by atoms with Crippen LogP contribution in [0.5, 0.6) is 0 Å². The van der Waals surface area contributed by atoms with Crippen LogP contribution in [0.2, 0.25) is 0 Å². The van der Waals surface area contributed by atoms with Crippen molar-refractivity contribution in [2.45, 2.75) is 25.8 Å². The molecule has 1 N–H and O–H groups in total. The van der Waals surface area contributed by atoms with Crippen molar-refractivity contribution in [2.75, 3.05) is 6.61 Å². The first kappa shape index (κ1) is 18.5. The average Bonchev–Trinajstić information content (AvgIpc) is 2.71. The van der Waals surface area contributed by atoms with Crippen LogP contribution in [0.15, 0.2) is 72.8 Å². The van der Waals surface area contributed by atoms with Gasteiger partial charge in [-0.3, -0.25) is 0 Å². The summed E-state index contributed by atoms with van der Waals surface area (Å²) in [6.07, 6.45) is 1.39. The molecule has 1 unspecified atom stereocenters. The summed E-state index contributed by atoms with van der Waals surface area (Å²) in [7, 11) is 0. The summed E-state index contributed by atoms with van der Waals surface area (Å²) in [5, 5.41) is 5.16. The van der Waals surface area contributed by atoms with Crippen molar-refractivity contribution in [2.24, 2.45) is 0 Å². The zero-order valence-corrected chi connectivity index (χ0v) is 15.4. The van der Waals surface area contributed by atoms with Gasteiger partial charge in [0.05, 0.1) is 6.61 Å². The summed E-state index contributed by atoms with van der Waals surface area (Å²) >= 11 is 0. The molecule has 0 bridgehead atoms. The predicted octanol–water partition coefficient (Wildman–Crippen LogP) is 5.46. The lowest BCUT2D eigenvalue weighted by atomic mass is 10.0. The van der Waals surface area contributed by atoms with Gasteiger partial charge < -0.3 is 10.1 Å². The van der Waals surface area contributed by atoms with E-state index in [1.807, 2.05) is 54.6 Å². The van der Waals surface area contributed by atoms with Gasteiger partial charge in [-0.1, -0.05) is 79.8 Å². The summed E-state index contributed by atoms with van der Waals surface area (Å²) in [6.45, 7) is 2.48. The molecule has 0 aliphatic rings. The van der Waals surface area contributed by atoms with Crippen molar-refractivity contribution in [3.63, 3.8) is 0 Å². The maximum atomic E-state index is 12.2. The van der Waals surface area contributed by atoms with Gasteiger partial charge in [0.2, 0.25) is 0 Å². The number of carbonyl (C=O) groups is 1. The third-order valence-electron chi connectivity index (χ3n) is 4.23. The second-order valence-electron chi connectivity index (χ2n) is 6.31. The highest BCUT2D eigenvalue weighted by Crippen LogP contribution is 2.20. The highest BCUT2D eigenvalue weighted by Gasteiger charge is 2.13. The molecular formula is C24H23NO2. The zero-order chi connectivity index (χ0) is 18.9. The maximum Gasteiger partial charge on any atom is 0.408 e. The minimum Gasteiger partial charge on any atom is -0.450 e. The van der Waals surface area contributed by atoms with Gasteiger partial charge in [-0.2, -0.15) is 0 Å². The molecule has 0 fully saturated rings. The normalized spacial score (nSPS) is 11.3. The Kier molecular flexibility index (Phi) is 6.49. The van der Waals surface area contributed by atoms with E-state index in [0.29, 0.717) is 6.61 Å². The van der Waals surface area contributed by atoms with Gasteiger partial charge in [0.25, 0.3) is 0 Å². The highest BCUT2D eigenvalue weighted by atomic mass is 16.5. The van der Waals surface area contributed by atoms with Crippen LogP contribution in [0.4, 0.5) is 4.79 Å². The zero-order valence-electron chi connectivity index (χ0n) is 15.4. The van der Waals surface area contributed by atoms with E-state index in [1.165, 1.54) is 0 Å². The van der Waals surface area contributed by atoms with Crippen LogP contribution >= 0.6 is 0 Å². The predicted molar refractivity (Wildman–Crippen MR) is 109 cm³/mol. The Morgan fingerprint density at radius 1 is 1.00 bits per heavy atom. The van der Waals surface area contributed by atoms with Gasteiger partial charge in [-0.05, 0) is 41.0 Å². The average molecular weight is 357 g/mol. The fourth-order valence-electron chi connectivity index (χ4n) is 2.74. The monoisotopic (exact) mass is 357 g/mol. The number of alkyl carbamates (subject to hydrolysis) is 1. The lowest BCUT2D eigenvalue weighted by Crippen LogP contribution is -2.28. The first-order valence-corrected chi connectivity index (χ1v) is 9.25. The second kappa shape index (κ2) is 9.45. The van der Waals surface area contributed by atoms with E-state index in [1.54, 1.807) is 0 Å². The molecule has 3 aromatic carbocycles. The number of nitrogens with one attached hydrogen (secondary N) is 1. The first-order chi connectivity index (χ1) is 13.3. The number of carbonyl (C=O) groups excluding carboxylic acids is 1. The number of amides is 1. The van der Waals surface area contributed by atoms with E-state index in [9.17, 15) is 4.79 Å². The van der Waals surface area contributed by atoms with Crippen molar-refractivity contribution in [1.29, 1.82) is 0 Å². The molecule has 0 aliphatic carbocycles. The van der Waals surface area contributed by atoms with Gasteiger partial charge in [0.15, 0.2) is 0 Å². The standard InChI is InChI=1S/C24H23NO2/c1-2-3-17-27-24(26)25-23(16-13-19-9-5-4-6-10-19)22-15-14-20-11-7-8-12-21(20)18-22/h4-12,14-15,18,23H,2-3,17H2,1H3,(H,25,26). The molecule has 0 spiro atoms. The minimum absolute atomic E-state index is 0.416. The van der Waals surface area contributed by atoms with Crippen LogP contribution in [0.25, 0.3) is 10.8 Å². The van der Waals surface area contributed by atoms with Crippen molar-refractivity contribution in [1.82, 2.24) is 5.32 Å². The molecule has 136 valence electrons. The van der Waals surface area contributed by atoms with Crippen molar-refractivity contribution < 1.29 is 9.53 Å². The third-order valence-corrected chi connectivity index (χ3v) is 4.23. The Labute approximate surface area is 160 Å². The van der Waals surface area contributed by atoms with Gasteiger partial charge >= 0.3 is 6.09 Å². The number of hydrogen-bond acceptors (Lipinski definition) is 2. The van der Waals surface area contributed by atoms with Crippen LogP contribution in [-0.2, 0) is 4.74 Å². The Morgan fingerprint density at radius 2 is 1.74 bits per heavy atom.